The van der Waals surface area contributed by atoms with Gasteiger partial charge in [-0.15, -0.1) is 0 Å². The van der Waals surface area contributed by atoms with Crippen molar-refractivity contribution in [3.05, 3.63) is 42.2 Å². The Bertz CT molecular complexity index is 815. The second kappa shape index (κ2) is 11.0. The molecule has 1 aromatic rings. The van der Waals surface area contributed by atoms with Gasteiger partial charge in [0.1, 0.15) is 5.82 Å². The molecule has 3 amide bonds. The molecule has 2 fully saturated rings. The summed E-state index contributed by atoms with van der Waals surface area (Å²) < 4.78 is 13.2. The average Bonchev–Trinajstić information content (AvgIpc) is 2.77. The van der Waals surface area contributed by atoms with Gasteiger partial charge in [0.25, 0.3) is 0 Å². The van der Waals surface area contributed by atoms with Crippen molar-refractivity contribution in [3.63, 3.8) is 0 Å². The normalized spacial score (nSPS) is 18.2. The molecule has 0 spiro atoms. The Morgan fingerprint density at radius 1 is 1.10 bits per heavy atom. The highest BCUT2D eigenvalue weighted by Gasteiger charge is 2.23. The van der Waals surface area contributed by atoms with Gasteiger partial charge >= 0.3 is 0 Å². The van der Waals surface area contributed by atoms with E-state index in [1.807, 2.05) is 4.90 Å². The summed E-state index contributed by atoms with van der Waals surface area (Å²) in [5.74, 6) is -0.940. The van der Waals surface area contributed by atoms with E-state index >= 15 is 0 Å². The number of rotatable bonds is 6. The topological polar surface area (TPSA) is 73.0 Å². The standard InChI is InChI=1S/C23H31FN4O3/c1-26(20-8-3-2-4-9-20)22(30)10-11-23(31)28-14-12-27(13-15-28)17-21(29)25-19-7-5-6-18(24)16-19/h5-7,10-11,16,20H,2-4,8-9,12-15,17H2,1H3,(H,25,29). The van der Waals surface area contributed by atoms with Gasteiger partial charge in [0.05, 0.1) is 6.54 Å². The second-order valence-corrected chi connectivity index (χ2v) is 8.23. The number of amides is 3. The van der Waals surface area contributed by atoms with Crippen molar-refractivity contribution in [1.82, 2.24) is 14.7 Å². The summed E-state index contributed by atoms with van der Waals surface area (Å²) in [4.78, 5) is 42.4. The van der Waals surface area contributed by atoms with Gasteiger partial charge in [0.15, 0.2) is 0 Å². The monoisotopic (exact) mass is 430 g/mol. The van der Waals surface area contributed by atoms with E-state index in [0.717, 1.165) is 25.7 Å². The third-order valence-corrected chi connectivity index (χ3v) is 6.00. The molecule has 0 aromatic heterocycles. The van der Waals surface area contributed by atoms with E-state index in [9.17, 15) is 18.8 Å². The summed E-state index contributed by atoms with van der Waals surface area (Å²) in [6.45, 7) is 2.28. The lowest BCUT2D eigenvalue weighted by molar-refractivity contribution is -0.130. The predicted octanol–water partition coefficient (Wildman–Crippen LogP) is 2.26. The summed E-state index contributed by atoms with van der Waals surface area (Å²) in [6, 6.07) is 6.04. The van der Waals surface area contributed by atoms with Crippen LogP contribution in [0.25, 0.3) is 0 Å². The van der Waals surface area contributed by atoms with Crippen LogP contribution in [-0.2, 0) is 14.4 Å². The molecular formula is C23H31FN4O3. The van der Waals surface area contributed by atoms with E-state index in [-0.39, 0.29) is 30.3 Å². The van der Waals surface area contributed by atoms with Crippen LogP contribution in [0.2, 0.25) is 0 Å². The fourth-order valence-corrected chi connectivity index (χ4v) is 4.11. The largest absolute Gasteiger partial charge is 0.339 e. The zero-order valence-corrected chi connectivity index (χ0v) is 18.1. The number of carbonyl (C=O) groups is 3. The molecule has 1 N–H and O–H groups in total. The number of anilines is 1. The van der Waals surface area contributed by atoms with Crippen molar-refractivity contribution >= 4 is 23.4 Å². The third kappa shape index (κ3) is 6.89. The number of likely N-dealkylation sites (N-methyl/N-ethyl adjacent to an activating group) is 1. The number of hydrogen-bond acceptors (Lipinski definition) is 4. The highest BCUT2D eigenvalue weighted by atomic mass is 19.1. The maximum Gasteiger partial charge on any atom is 0.246 e. The van der Waals surface area contributed by atoms with Crippen molar-refractivity contribution < 1.29 is 18.8 Å². The quantitative estimate of drug-likeness (QED) is 0.703. The van der Waals surface area contributed by atoms with Crippen LogP contribution in [0.5, 0.6) is 0 Å². The van der Waals surface area contributed by atoms with Crippen LogP contribution in [0.3, 0.4) is 0 Å². The Labute approximate surface area is 182 Å². The summed E-state index contributed by atoms with van der Waals surface area (Å²) >= 11 is 0. The van der Waals surface area contributed by atoms with Gasteiger partial charge in [-0.2, -0.15) is 0 Å². The molecule has 3 rings (SSSR count). The molecule has 0 radical (unpaired) electrons. The first-order valence-corrected chi connectivity index (χ1v) is 10.9. The van der Waals surface area contributed by atoms with Crippen molar-refractivity contribution in [2.45, 2.75) is 38.1 Å². The fourth-order valence-electron chi connectivity index (χ4n) is 4.11. The predicted molar refractivity (Wildman–Crippen MR) is 117 cm³/mol. The molecular weight excluding hydrogens is 399 g/mol. The molecule has 7 nitrogen and oxygen atoms in total. The Morgan fingerprint density at radius 2 is 1.81 bits per heavy atom. The van der Waals surface area contributed by atoms with Crippen molar-refractivity contribution in [3.8, 4) is 0 Å². The molecule has 1 aromatic carbocycles. The van der Waals surface area contributed by atoms with E-state index in [2.05, 4.69) is 5.32 Å². The zero-order valence-electron chi connectivity index (χ0n) is 18.1. The number of halogens is 1. The van der Waals surface area contributed by atoms with E-state index in [1.54, 1.807) is 29.0 Å². The molecule has 0 atom stereocenters. The Hall–Kier alpha value is -2.74. The Balaban J connectivity index is 1.40. The number of nitrogens with one attached hydrogen (secondary N) is 1. The van der Waals surface area contributed by atoms with Gasteiger partial charge in [0, 0.05) is 57.1 Å². The van der Waals surface area contributed by atoms with Crippen LogP contribution in [-0.4, -0.2) is 78.2 Å². The Kier molecular flexibility index (Phi) is 8.17. The van der Waals surface area contributed by atoms with E-state index < -0.39 is 5.82 Å². The van der Waals surface area contributed by atoms with Crippen LogP contribution in [0, 0.1) is 5.82 Å². The summed E-state index contributed by atoms with van der Waals surface area (Å²) in [5.41, 5.74) is 0.423. The SMILES string of the molecule is CN(C(=O)C=CC(=O)N1CCN(CC(=O)Nc2cccc(F)c2)CC1)C1CCCCC1. The first kappa shape index (κ1) is 22.9. The molecule has 1 saturated carbocycles. The first-order valence-electron chi connectivity index (χ1n) is 10.9. The van der Waals surface area contributed by atoms with Crippen LogP contribution in [0.4, 0.5) is 10.1 Å². The van der Waals surface area contributed by atoms with Gasteiger partial charge in [0.2, 0.25) is 17.7 Å². The molecule has 1 heterocycles. The molecule has 1 aliphatic heterocycles. The van der Waals surface area contributed by atoms with Crippen LogP contribution in [0.1, 0.15) is 32.1 Å². The van der Waals surface area contributed by atoms with Gasteiger partial charge in [-0.1, -0.05) is 25.3 Å². The van der Waals surface area contributed by atoms with Crippen molar-refractivity contribution in [2.24, 2.45) is 0 Å². The van der Waals surface area contributed by atoms with Gasteiger partial charge in [-0.05, 0) is 31.0 Å². The molecule has 2 aliphatic rings. The molecule has 0 bridgehead atoms. The van der Waals surface area contributed by atoms with Gasteiger partial charge in [-0.25, -0.2) is 4.39 Å². The number of nitrogens with zero attached hydrogens (tertiary/aromatic N) is 3. The average molecular weight is 431 g/mol. The summed E-state index contributed by atoms with van der Waals surface area (Å²) in [7, 11) is 1.81. The lowest BCUT2D eigenvalue weighted by atomic mass is 9.94. The highest BCUT2D eigenvalue weighted by molar-refractivity contribution is 5.97. The minimum atomic E-state index is -0.401. The Morgan fingerprint density at radius 3 is 2.48 bits per heavy atom. The number of carbonyl (C=O) groups excluding carboxylic acids is 3. The lowest BCUT2D eigenvalue weighted by Gasteiger charge is -2.33. The fraction of sp³-hybridized carbons (Fsp3) is 0.522. The van der Waals surface area contributed by atoms with Gasteiger partial charge in [-0.3, -0.25) is 19.3 Å². The first-order chi connectivity index (χ1) is 14.9. The van der Waals surface area contributed by atoms with Crippen LogP contribution in [0.15, 0.2) is 36.4 Å². The van der Waals surface area contributed by atoms with E-state index in [4.69, 9.17) is 0 Å². The lowest BCUT2D eigenvalue weighted by Crippen LogP contribution is -2.50. The molecule has 168 valence electrons. The van der Waals surface area contributed by atoms with Crippen molar-refractivity contribution in [2.75, 3.05) is 45.1 Å². The number of piperazine rings is 1. The molecule has 8 heteroatoms. The minimum absolute atomic E-state index is 0.132. The number of hydrogen-bond donors (Lipinski definition) is 1. The molecule has 31 heavy (non-hydrogen) atoms. The summed E-state index contributed by atoms with van der Waals surface area (Å²) in [5, 5.41) is 2.68. The smallest absolute Gasteiger partial charge is 0.246 e. The van der Waals surface area contributed by atoms with E-state index in [1.165, 1.54) is 30.7 Å². The minimum Gasteiger partial charge on any atom is -0.339 e. The summed E-state index contributed by atoms with van der Waals surface area (Å²) in [6.07, 6.45) is 8.30. The molecule has 0 unspecified atom stereocenters. The maximum atomic E-state index is 13.2. The number of benzene rings is 1. The van der Waals surface area contributed by atoms with Gasteiger partial charge < -0.3 is 15.1 Å². The van der Waals surface area contributed by atoms with Crippen molar-refractivity contribution in [1.29, 1.82) is 0 Å². The second-order valence-electron chi connectivity index (χ2n) is 8.23. The van der Waals surface area contributed by atoms with Crippen LogP contribution >= 0.6 is 0 Å². The van der Waals surface area contributed by atoms with Crippen LogP contribution < -0.4 is 5.32 Å². The molecule has 1 aliphatic carbocycles. The van der Waals surface area contributed by atoms with E-state index in [0.29, 0.717) is 31.9 Å². The third-order valence-electron chi connectivity index (χ3n) is 6.00. The highest BCUT2D eigenvalue weighted by Crippen LogP contribution is 2.21. The maximum absolute atomic E-state index is 13.2. The molecule has 1 saturated heterocycles. The zero-order chi connectivity index (χ0) is 22.2.